The second kappa shape index (κ2) is 8.66. The van der Waals surface area contributed by atoms with E-state index in [1.807, 2.05) is 84.9 Å². The van der Waals surface area contributed by atoms with Crippen molar-refractivity contribution in [3.8, 4) is 34.0 Å². The first-order valence-electron chi connectivity index (χ1n) is 9.78. The second-order valence-electron chi connectivity index (χ2n) is 6.63. The molecule has 4 rings (SSSR count). The number of carbonyl (C=O) groups is 1. The minimum atomic E-state index is -0.399. The predicted molar refractivity (Wildman–Crippen MR) is 117 cm³/mol. The van der Waals surface area contributed by atoms with E-state index in [-0.39, 0.29) is 6.61 Å². The van der Waals surface area contributed by atoms with Gasteiger partial charge in [-0.2, -0.15) is 5.10 Å². The van der Waals surface area contributed by atoms with Crippen LogP contribution in [0.1, 0.15) is 17.3 Å². The van der Waals surface area contributed by atoms with E-state index in [0.29, 0.717) is 17.0 Å². The highest BCUT2D eigenvalue weighted by Crippen LogP contribution is 2.35. The third-order valence-corrected chi connectivity index (χ3v) is 4.78. The van der Waals surface area contributed by atoms with Crippen molar-refractivity contribution < 1.29 is 14.3 Å². The van der Waals surface area contributed by atoms with Crippen molar-refractivity contribution in [2.24, 2.45) is 0 Å². The molecule has 30 heavy (non-hydrogen) atoms. The molecule has 0 aliphatic rings. The van der Waals surface area contributed by atoms with Crippen molar-refractivity contribution in [3.05, 3.63) is 90.5 Å². The molecule has 0 unspecified atom stereocenters. The van der Waals surface area contributed by atoms with E-state index < -0.39 is 5.97 Å². The maximum atomic E-state index is 13.1. The molecule has 5 nitrogen and oxygen atoms in total. The van der Waals surface area contributed by atoms with Gasteiger partial charge in [0.25, 0.3) is 0 Å². The molecule has 0 radical (unpaired) electrons. The first kappa shape index (κ1) is 19.5. The fourth-order valence-electron chi connectivity index (χ4n) is 3.38. The van der Waals surface area contributed by atoms with Gasteiger partial charge in [-0.25, -0.2) is 9.48 Å². The first-order chi connectivity index (χ1) is 14.7. The van der Waals surface area contributed by atoms with Gasteiger partial charge in [-0.1, -0.05) is 48.5 Å². The second-order valence-corrected chi connectivity index (χ2v) is 6.63. The summed E-state index contributed by atoms with van der Waals surface area (Å²) < 4.78 is 12.5. The van der Waals surface area contributed by atoms with Crippen LogP contribution in [0.4, 0.5) is 0 Å². The largest absolute Gasteiger partial charge is 0.497 e. The molecule has 0 bridgehead atoms. The Morgan fingerprint density at radius 2 is 1.50 bits per heavy atom. The molecular weight excluding hydrogens is 376 g/mol. The number of rotatable bonds is 6. The van der Waals surface area contributed by atoms with Crippen LogP contribution in [0.2, 0.25) is 0 Å². The molecule has 0 amide bonds. The lowest BCUT2D eigenvalue weighted by molar-refractivity contribution is 0.0528. The van der Waals surface area contributed by atoms with Crippen LogP contribution in [-0.4, -0.2) is 29.5 Å². The van der Waals surface area contributed by atoms with Gasteiger partial charge >= 0.3 is 5.97 Å². The molecule has 1 aromatic heterocycles. The summed E-state index contributed by atoms with van der Waals surface area (Å²) in [6.07, 6.45) is 0. The average Bonchev–Trinajstić information content (AvgIpc) is 3.21. The number of aromatic nitrogens is 2. The van der Waals surface area contributed by atoms with Crippen molar-refractivity contribution in [1.29, 1.82) is 0 Å². The number of methoxy groups -OCH3 is 1. The van der Waals surface area contributed by atoms with E-state index >= 15 is 0 Å². The summed E-state index contributed by atoms with van der Waals surface area (Å²) in [5.74, 6) is 0.342. The Kier molecular flexibility index (Phi) is 5.61. The smallest absolute Gasteiger partial charge is 0.342 e. The lowest BCUT2D eigenvalue weighted by atomic mass is 10.0. The molecule has 4 aromatic rings. The molecular formula is C25H22N2O3. The van der Waals surface area contributed by atoms with Crippen molar-refractivity contribution in [3.63, 3.8) is 0 Å². The Bertz CT molecular complexity index is 1130. The van der Waals surface area contributed by atoms with Gasteiger partial charge in [-0.05, 0) is 43.3 Å². The van der Waals surface area contributed by atoms with Gasteiger partial charge < -0.3 is 9.47 Å². The molecule has 0 aliphatic carbocycles. The quantitative estimate of drug-likeness (QED) is 0.409. The zero-order valence-corrected chi connectivity index (χ0v) is 16.9. The summed E-state index contributed by atoms with van der Waals surface area (Å²) in [6.45, 7) is 2.08. The van der Waals surface area contributed by atoms with E-state index in [9.17, 15) is 4.79 Å². The van der Waals surface area contributed by atoms with Crippen molar-refractivity contribution >= 4 is 5.97 Å². The fourth-order valence-corrected chi connectivity index (χ4v) is 3.38. The average molecular weight is 398 g/mol. The van der Waals surface area contributed by atoms with Crippen LogP contribution in [-0.2, 0) is 4.74 Å². The normalized spacial score (nSPS) is 10.6. The van der Waals surface area contributed by atoms with Gasteiger partial charge in [0.1, 0.15) is 17.0 Å². The number of hydrogen-bond acceptors (Lipinski definition) is 4. The maximum Gasteiger partial charge on any atom is 0.342 e. The van der Waals surface area contributed by atoms with E-state index in [4.69, 9.17) is 14.6 Å². The molecule has 0 aliphatic heterocycles. The highest BCUT2D eigenvalue weighted by atomic mass is 16.5. The summed E-state index contributed by atoms with van der Waals surface area (Å²) >= 11 is 0. The van der Waals surface area contributed by atoms with Gasteiger partial charge in [0.05, 0.1) is 25.1 Å². The predicted octanol–water partition coefficient (Wildman–Crippen LogP) is 5.39. The molecule has 0 saturated heterocycles. The number of esters is 1. The number of carbonyl (C=O) groups excluding carboxylic acids is 1. The molecule has 0 fully saturated rings. The summed E-state index contributed by atoms with van der Waals surface area (Å²) in [5, 5.41) is 4.86. The standard InChI is InChI=1S/C25H22N2O3/c1-3-30-25(28)22-23(18-10-6-4-7-11-18)26-27(20-12-8-5-9-13-20)24(22)19-14-16-21(29-2)17-15-19/h4-17H,3H2,1-2H3. The highest BCUT2D eigenvalue weighted by molar-refractivity contribution is 6.03. The molecule has 3 aromatic carbocycles. The Labute approximate surface area is 175 Å². The number of hydrogen-bond donors (Lipinski definition) is 0. The Balaban J connectivity index is 2.03. The summed E-state index contributed by atoms with van der Waals surface area (Å²) in [6, 6.07) is 27.0. The lowest BCUT2D eigenvalue weighted by Gasteiger charge is -2.10. The van der Waals surface area contributed by atoms with Crippen molar-refractivity contribution in [2.45, 2.75) is 6.92 Å². The van der Waals surface area contributed by atoms with Crippen LogP contribution in [0.25, 0.3) is 28.2 Å². The van der Waals surface area contributed by atoms with Gasteiger partial charge in [-0.15, -0.1) is 0 Å². The van der Waals surface area contributed by atoms with E-state index in [0.717, 1.165) is 22.6 Å². The van der Waals surface area contributed by atoms with E-state index in [2.05, 4.69) is 0 Å². The highest BCUT2D eigenvalue weighted by Gasteiger charge is 2.27. The van der Waals surface area contributed by atoms with E-state index in [1.165, 1.54) is 0 Å². The summed E-state index contributed by atoms with van der Waals surface area (Å²) in [7, 11) is 1.63. The van der Waals surface area contributed by atoms with Gasteiger partial charge in [0, 0.05) is 11.1 Å². The molecule has 0 atom stereocenters. The zero-order chi connectivity index (χ0) is 20.9. The molecule has 1 heterocycles. The van der Waals surface area contributed by atoms with Gasteiger partial charge in [-0.3, -0.25) is 0 Å². The lowest BCUT2D eigenvalue weighted by Crippen LogP contribution is -2.08. The third kappa shape index (κ3) is 3.70. The number of ether oxygens (including phenoxy) is 2. The first-order valence-corrected chi connectivity index (χ1v) is 9.78. The van der Waals surface area contributed by atoms with Crippen LogP contribution in [0.15, 0.2) is 84.9 Å². The molecule has 0 saturated carbocycles. The Morgan fingerprint density at radius 1 is 0.867 bits per heavy atom. The molecule has 0 spiro atoms. The van der Waals surface area contributed by atoms with Crippen molar-refractivity contribution in [2.75, 3.05) is 13.7 Å². The minimum Gasteiger partial charge on any atom is -0.497 e. The topological polar surface area (TPSA) is 53.3 Å². The molecule has 5 heteroatoms. The zero-order valence-electron chi connectivity index (χ0n) is 16.9. The van der Waals surface area contributed by atoms with Gasteiger partial charge in [0.2, 0.25) is 0 Å². The number of para-hydroxylation sites is 1. The third-order valence-electron chi connectivity index (χ3n) is 4.78. The van der Waals surface area contributed by atoms with Crippen molar-refractivity contribution in [1.82, 2.24) is 9.78 Å². The monoisotopic (exact) mass is 398 g/mol. The minimum absolute atomic E-state index is 0.283. The van der Waals surface area contributed by atoms with Crippen LogP contribution >= 0.6 is 0 Å². The number of benzene rings is 3. The fraction of sp³-hybridized carbons (Fsp3) is 0.120. The molecule has 150 valence electrons. The van der Waals surface area contributed by atoms with Crippen LogP contribution in [0, 0.1) is 0 Å². The SMILES string of the molecule is CCOC(=O)c1c(-c2ccccc2)nn(-c2ccccc2)c1-c1ccc(OC)cc1. The maximum absolute atomic E-state index is 13.1. The van der Waals surface area contributed by atoms with E-state index in [1.54, 1.807) is 18.7 Å². The van der Waals surface area contributed by atoms with Crippen LogP contribution in [0.3, 0.4) is 0 Å². The Hall–Kier alpha value is -3.86. The summed E-state index contributed by atoms with van der Waals surface area (Å²) in [4.78, 5) is 13.1. The molecule has 0 N–H and O–H groups in total. The van der Waals surface area contributed by atoms with Gasteiger partial charge in [0.15, 0.2) is 0 Å². The Morgan fingerprint density at radius 3 is 2.10 bits per heavy atom. The summed E-state index contributed by atoms with van der Waals surface area (Å²) in [5.41, 5.74) is 4.26. The number of nitrogens with zero attached hydrogens (tertiary/aromatic N) is 2. The van der Waals surface area contributed by atoms with Crippen LogP contribution < -0.4 is 4.74 Å². The van der Waals surface area contributed by atoms with Crippen LogP contribution in [0.5, 0.6) is 5.75 Å².